The van der Waals surface area contributed by atoms with Gasteiger partial charge in [0.05, 0.1) is 4.90 Å². The minimum Gasteiger partial charge on any atom is -0.406 e. The minimum absolute atomic E-state index is 0.0776. The summed E-state index contributed by atoms with van der Waals surface area (Å²) in [7, 11) is -4.32. The van der Waals surface area contributed by atoms with Gasteiger partial charge in [0, 0.05) is 26.2 Å². The van der Waals surface area contributed by atoms with Crippen LogP contribution < -0.4 is 20.1 Å². The van der Waals surface area contributed by atoms with E-state index in [4.69, 9.17) is 0 Å². The topological polar surface area (TPSA) is 97.0 Å². The average Bonchev–Trinajstić information content (AvgIpc) is 2.77. The molecule has 16 heteroatoms. The summed E-state index contributed by atoms with van der Waals surface area (Å²) in [6.45, 7) is -0.396. The molecule has 8 nitrogen and oxygen atoms in total. The molecule has 3 rings (SSSR count). The number of nitrogens with one attached hydrogen (secondary N) is 2. The Bertz CT molecular complexity index is 1190. The van der Waals surface area contributed by atoms with E-state index in [-0.39, 0.29) is 36.6 Å². The van der Waals surface area contributed by atoms with Crippen LogP contribution in [0.2, 0.25) is 0 Å². The van der Waals surface area contributed by atoms with Crippen LogP contribution in [0.5, 0.6) is 11.5 Å². The van der Waals surface area contributed by atoms with Crippen molar-refractivity contribution >= 4 is 15.9 Å². The van der Waals surface area contributed by atoms with Crippen molar-refractivity contribution in [2.24, 2.45) is 0 Å². The van der Waals surface area contributed by atoms with Crippen molar-refractivity contribution in [1.29, 1.82) is 0 Å². The molecule has 2 aromatic rings. The molecule has 0 aliphatic carbocycles. The van der Waals surface area contributed by atoms with Gasteiger partial charge in [0.15, 0.2) is 11.6 Å². The summed E-state index contributed by atoms with van der Waals surface area (Å²) >= 11 is 0. The Morgan fingerprint density at radius 3 is 2.25 bits per heavy atom. The normalized spacial score (nSPS) is 17.5. The third kappa shape index (κ3) is 7.20. The van der Waals surface area contributed by atoms with Crippen LogP contribution in [0.25, 0.3) is 0 Å². The molecule has 0 aromatic heterocycles. The summed E-state index contributed by atoms with van der Waals surface area (Å²) < 4.78 is 122. The van der Waals surface area contributed by atoms with Crippen molar-refractivity contribution < 1.29 is 53.4 Å². The first-order chi connectivity index (χ1) is 16.7. The number of piperazine rings is 1. The van der Waals surface area contributed by atoms with Crippen molar-refractivity contribution in [3.05, 3.63) is 53.8 Å². The lowest BCUT2D eigenvalue weighted by atomic mass is 10.2. The third-order valence-corrected chi connectivity index (χ3v) is 6.77. The molecule has 1 aliphatic rings. The number of ether oxygens (including phenoxy) is 2. The fourth-order valence-electron chi connectivity index (χ4n) is 3.31. The Morgan fingerprint density at radius 1 is 1.03 bits per heavy atom. The van der Waals surface area contributed by atoms with E-state index in [1.165, 1.54) is 0 Å². The summed E-state index contributed by atoms with van der Waals surface area (Å²) in [4.78, 5) is 12.4. The van der Waals surface area contributed by atoms with E-state index in [1.807, 2.05) is 0 Å². The Hall–Kier alpha value is -3.11. The summed E-state index contributed by atoms with van der Waals surface area (Å²) in [5, 5.41) is 5.24. The van der Waals surface area contributed by atoms with Crippen LogP contribution in [0.15, 0.2) is 47.4 Å². The summed E-state index contributed by atoms with van der Waals surface area (Å²) in [5.41, 5.74) is 0.0776. The summed E-state index contributed by atoms with van der Waals surface area (Å²) in [6, 6.07) is 4.71. The molecule has 1 aliphatic heterocycles. The van der Waals surface area contributed by atoms with Crippen molar-refractivity contribution in [2.75, 3.05) is 19.6 Å². The lowest BCUT2D eigenvalue weighted by Gasteiger charge is -2.34. The number of alkyl halides is 6. The Morgan fingerprint density at radius 2 is 1.67 bits per heavy atom. The number of amides is 1. The number of rotatable bonds is 7. The predicted molar refractivity (Wildman–Crippen MR) is 109 cm³/mol. The molecule has 1 fully saturated rings. The molecule has 0 saturated carbocycles. The van der Waals surface area contributed by atoms with Crippen LogP contribution in [-0.2, 0) is 21.4 Å². The zero-order chi connectivity index (χ0) is 26.7. The van der Waals surface area contributed by atoms with Crippen molar-refractivity contribution in [2.45, 2.75) is 30.2 Å². The van der Waals surface area contributed by atoms with Gasteiger partial charge in [0.1, 0.15) is 11.8 Å². The maximum atomic E-state index is 13.9. The monoisotopic (exact) mass is 545 g/mol. The standard InChI is InChI=1S/C20H18F7N3O5S/c21-15-9-12(1-6-17(15)35-20(25,26)27)10-29-18(31)16-11-28-7-8-30(16)36(32,33)14-4-2-13(3-5-14)34-19(22,23)24/h1-6,9,16,28H,7-8,10-11H2,(H,29,31). The molecule has 0 spiro atoms. The minimum atomic E-state index is -5.09. The van der Waals surface area contributed by atoms with Crippen molar-refractivity contribution in [3.8, 4) is 11.5 Å². The molecule has 198 valence electrons. The highest BCUT2D eigenvalue weighted by atomic mass is 32.2. The maximum Gasteiger partial charge on any atom is 0.573 e. The van der Waals surface area contributed by atoms with E-state index in [1.54, 1.807) is 0 Å². The highest BCUT2D eigenvalue weighted by molar-refractivity contribution is 7.89. The first-order valence-corrected chi connectivity index (χ1v) is 11.5. The fraction of sp³-hybridized carbons (Fsp3) is 0.350. The second-order valence-corrected chi connectivity index (χ2v) is 9.28. The summed E-state index contributed by atoms with van der Waals surface area (Å²) in [6.07, 6.45) is -10.1. The second kappa shape index (κ2) is 10.5. The molecule has 0 radical (unpaired) electrons. The first-order valence-electron chi connectivity index (χ1n) is 10.1. The van der Waals surface area contributed by atoms with Crippen LogP contribution in [0.1, 0.15) is 5.56 Å². The molecule has 2 aromatic carbocycles. The summed E-state index contributed by atoms with van der Waals surface area (Å²) in [5.74, 6) is -3.80. The highest BCUT2D eigenvalue weighted by Crippen LogP contribution is 2.27. The van der Waals surface area contributed by atoms with E-state index in [0.717, 1.165) is 46.8 Å². The molecule has 1 saturated heterocycles. The van der Waals surface area contributed by atoms with Crippen LogP contribution in [-0.4, -0.2) is 57.0 Å². The number of carbonyl (C=O) groups excluding carboxylic acids is 1. The van der Waals surface area contributed by atoms with Gasteiger partial charge in [-0.3, -0.25) is 4.79 Å². The lowest BCUT2D eigenvalue weighted by Crippen LogP contribution is -2.59. The van der Waals surface area contributed by atoms with Gasteiger partial charge in [-0.25, -0.2) is 12.8 Å². The van der Waals surface area contributed by atoms with Gasteiger partial charge in [-0.05, 0) is 42.0 Å². The van der Waals surface area contributed by atoms with Gasteiger partial charge in [-0.1, -0.05) is 6.07 Å². The molecule has 0 bridgehead atoms. The molecule has 1 amide bonds. The molecular formula is C20H18F7N3O5S. The van der Waals surface area contributed by atoms with E-state index in [2.05, 4.69) is 20.1 Å². The molecule has 1 atom stereocenters. The van der Waals surface area contributed by atoms with E-state index in [9.17, 15) is 43.9 Å². The molecule has 36 heavy (non-hydrogen) atoms. The number of hydrogen-bond donors (Lipinski definition) is 2. The van der Waals surface area contributed by atoms with Gasteiger partial charge in [-0.15, -0.1) is 26.3 Å². The predicted octanol–water partition coefficient (Wildman–Crippen LogP) is 2.90. The molecule has 1 unspecified atom stereocenters. The van der Waals surface area contributed by atoms with Crippen molar-refractivity contribution in [3.63, 3.8) is 0 Å². The van der Waals surface area contributed by atoms with Crippen LogP contribution in [0.4, 0.5) is 30.7 Å². The Balaban J connectivity index is 1.70. The van der Waals surface area contributed by atoms with E-state index >= 15 is 0 Å². The number of hydrogen-bond acceptors (Lipinski definition) is 6. The average molecular weight is 545 g/mol. The fourth-order valence-corrected chi connectivity index (χ4v) is 4.90. The third-order valence-electron chi connectivity index (χ3n) is 4.85. The molecule has 2 N–H and O–H groups in total. The van der Waals surface area contributed by atoms with Crippen LogP contribution in [0.3, 0.4) is 0 Å². The lowest BCUT2D eigenvalue weighted by molar-refractivity contribution is -0.276. The van der Waals surface area contributed by atoms with Gasteiger partial charge in [-0.2, -0.15) is 4.31 Å². The van der Waals surface area contributed by atoms with Gasteiger partial charge >= 0.3 is 12.7 Å². The zero-order valence-corrected chi connectivity index (χ0v) is 18.8. The number of carbonyl (C=O) groups is 1. The van der Waals surface area contributed by atoms with Gasteiger partial charge in [0.25, 0.3) is 0 Å². The SMILES string of the molecule is O=C(NCc1ccc(OC(F)(F)F)c(F)c1)C1CNCCN1S(=O)(=O)c1ccc(OC(F)(F)F)cc1. The van der Waals surface area contributed by atoms with E-state index < -0.39 is 52.0 Å². The first kappa shape index (κ1) is 27.5. The highest BCUT2D eigenvalue weighted by Gasteiger charge is 2.38. The van der Waals surface area contributed by atoms with Crippen LogP contribution in [0, 0.1) is 5.82 Å². The zero-order valence-electron chi connectivity index (χ0n) is 18.0. The molecule has 1 heterocycles. The maximum absolute atomic E-state index is 13.9. The second-order valence-electron chi connectivity index (χ2n) is 7.39. The number of halogens is 7. The largest absolute Gasteiger partial charge is 0.573 e. The Kier molecular flexibility index (Phi) is 8.00. The molecular weight excluding hydrogens is 527 g/mol. The van der Waals surface area contributed by atoms with Gasteiger partial charge in [0.2, 0.25) is 15.9 Å². The van der Waals surface area contributed by atoms with Crippen molar-refractivity contribution in [1.82, 2.24) is 14.9 Å². The smallest absolute Gasteiger partial charge is 0.406 e. The number of nitrogens with zero attached hydrogens (tertiary/aromatic N) is 1. The quantitative estimate of drug-likeness (QED) is 0.520. The van der Waals surface area contributed by atoms with Crippen LogP contribution >= 0.6 is 0 Å². The number of benzene rings is 2. The Labute approximate surface area is 200 Å². The van der Waals surface area contributed by atoms with E-state index in [0.29, 0.717) is 0 Å². The van der Waals surface area contributed by atoms with Gasteiger partial charge < -0.3 is 20.1 Å². The number of sulfonamides is 1.